The van der Waals surface area contributed by atoms with E-state index in [0.29, 0.717) is 0 Å². The van der Waals surface area contributed by atoms with E-state index in [2.05, 4.69) is 112 Å². The Morgan fingerprint density at radius 1 is 0.769 bits per heavy atom. The Hall–Kier alpha value is 8.82. The molecule has 0 spiro atoms. The first-order chi connectivity index (χ1) is 5.91. The van der Waals surface area contributed by atoms with Crippen LogP contribution >= 0.6 is 151 Å². The first kappa shape index (κ1) is 21.8. The number of hydrogen-bond acceptors (Lipinski definition) is 0. The molecule has 0 aromatic rings. The predicted octanol–water partition coefficient (Wildman–Crippen LogP) is 6.37. The van der Waals surface area contributed by atoms with E-state index in [-0.39, 0.29) is 32.8 Å². The van der Waals surface area contributed by atoms with Gasteiger partial charge in [-0.1, -0.05) is 0 Å². The van der Waals surface area contributed by atoms with Gasteiger partial charge in [-0.25, -0.2) is 0 Å². The van der Waals surface area contributed by atoms with Crippen LogP contribution in [0.15, 0.2) is 0 Å². The quantitative estimate of drug-likeness (QED) is 0.222. The standard InChI is InChI=1S/BI12/c1-8-10(4)12(6)13(7)11(5)9(2)3/q-1. The van der Waals surface area contributed by atoms with Gasteiger partial charge in [-0.2, -0.15) is 0 Å². The molecule has 13 heteroatoms. The summed E-state index contributed by atoms with van der Waals surface area (Å²) in [4.78, 5) is 0. The van der Waals surface area contributed by atoms with Gasteiger partial charge in [0.1, 0.15) is 0 Å². The minimum atomic E-state index is -0.481. The van der Waals surface area contributed by atoms with Crippen LogP contribution in [0.5, 0.6) is 0 Å². The zero-order valence-corrected chi connectivity index (χ0v) is 31.0. The summed E-state index contributed by atoms with van der Waals surface area (Å²) in [5, 5.41) is 0. The molecule has 0 fully saturated rings. The molecule has 0 saturated carbocycles. The van der Waals surface area contributed by atoms with Crippen molar-refractivity contribution >= 4 is 157 Å². The molecule has 0 aromatic carbocycles. The maximum atomic E-state index is 5.94. The van der Waals surface area contributed by atoms with E-state index in [1.54, 1.807) is 0 Å². The topological polar surface area (TPSA) is 0 Å². The van der Waals surface area contributed by atoms with Gasteiger partial charge in [0.15, 0.2) is 0 Å². The second-order valence-electron chi connectivity index (χ2n) is 0.892. The molecule has 0 saturated heterocycles. The van der Waals surface area contributed by atoms with Gasteiger partial charge >= 0.3 is 174 Å². The molecule has 0 aliphatic carbocycles. The van der Waals surface area contributed by atoms with E-state index in [1.807, 2.05) is 0 Å². The molecule has 88 valence electrons. The summed E-state index contributed by atoms with van der Waals surface area (Å²) in [6, 6.07) is 0. The van der Waals surface area contributed by atoms with Gasteiger partial charge < -0.3 is 0 Å². The molecule has 0 rings (SSSR count). The van der Waals surface area contributed by atoms with Gasteiger partial charge in [0.05, 0.1) is 0 Å². The fourth-order valence-corrected chi connectivity index (χ4v) is 1310. The molecule has 2 radical (unpaired) electrons. The van der Waals surface area contributed by atoms with Crippen LogP contribution in [0, 0.1) is 0 Å². The van der Waals surface area contributed by atoms with Crippen molar-refractivity contribution in [3.8, 4) is 0 Å². The van der Waals surface area contributed by atoms with Gasteiger partial charge in [-0.3, -0.25) is 0 Å². The zero-order valence-electron chi connectivity index (χ0n) is 5.11. The Bertz CT molecular complexity index is 131. The summed E-state index contributed by atoms with van der Waals surface area (Å²) >= 11 is 17.4. The van der Waals surface area contributed by atoms with E-state index in [9.17, 15) is 0 Å². The average Bonchev–Trinajstić information content (AvgIpc) is 2.12. The molecule has 0 atom stereocenters. The summed E-state index contributed by atoms with van der Waals surface area (Å²) < 4.78 is 0. The Balaban J connectivity index is 4.15. The Kier molecular flexibility index (Phi) is 22.3. The van der Waals surface area contributed by atoms with Crippen LogP contribution < -0.4 is 17.0 Å². The fourth-order valence-electron chi connectivity index (χ4n) is 0.116. The van der Waals surface area contributed by atoms with Crippen LogP contribution in [0.2, 0.25) is 0 Å². The van der Waals surface area contributed by atoms with Crippen molar-refractivity contribution < 1.29 is 17.0 Å². The Labute approximate surface area is 165 Å². The molecule has 0 amide bonds. The number of halogens is 12. The van der Waals surface area contributed by atoms with Gasteiger partial charge in [-0.15, -0.1) is 0 Å². The summed E-state index contributed by atoms with van der Waals surface area (Å²) in [7, 11) is -2.05. The average molecular weight is 1530 g/mol. The first-order valence-electron chi connectivity index (χ1n) is 1.79. The van der Waals surface area contributed by atoms with E-state index >= 15 is 0 Å². The van der Waals surface area contributed by atoms with Gasteiger partial charge in [-0.05, 0) is 0 Å². The van der Waals surface area contributed by atoms with Crippen molar-refractivity contribution in [1.82, 2.24) is 0 Å². The molecule has 0 bridgehead atoms. The predicted molar refractivity (Wildman–Crippen MR) is 160 cm³/mol. The zero-order chi connectivity index (χ0) is 10.6. The second kappa shape index (κ2) is 13.3. The number of hydrogen-bond donors (Lipinski definition) is 0. The summed E-state index contributed by atoms with van der Waals surface area (Å²) in [6.07, 6.45) is 0. The Morgan fingerprint density at radius 3 is 1.54 bits per heavy atom. The molecule has 0 aliphatic rings. The normalized spacial score (nSPS) is 16.6. The van der Waals surface area contributed by atoms with E-state index < -0.39 is 23.7 Å². The van der Waals surface area contributed by atoms with Crippen molar-refractivity contribution in [3.63, 3.8) is 0 Å². The van der Waals surface area contributed by atoms with E-state index in [1.165, 1.54) is 0 Å². The van der Waals surface area contributed by atoms with Crippen LogP contribution in [-0.4, -0.2) is 5.70 Å². The fraction of sp³-hybridized carbons (Fsp3) is 0. The number of rotatable bonds is 5. The van der Waals surface area contributed by atoms with Crippen molar-refractivity contribution in [2.75, 3.05) is 0 Å². The molecule has 13 heavy (non-hydrogen) atoms. The van der Waals surface area contributed by atoms with E-state index in [0.717, 1.165) is 0 Å². The molecule has 0 aromatic heterocycles. The second-order valence-corrected chi connectivity index (χ2v) is 248. The molecule has 0 nitrogen and oxygen atoms in total. The third-order valence-corrected chi connectivity index (χ3v) is 680. The van der Waals surface area contributed by atoms with Crippen molar-refractivity contribution in [2.45, 2.75) is 0 Å². The summed E-state index contributed by atoms with van der Waals surface area (Å²) in [6.45, 7) is 0. The molecule has 0 aliphatic heterocycles. The molecular formula is BI12-. The molecule has 0 unspecified atom stereocenters. The van der Waals surface area contributed by atoms with Gasteiger partial charge in [0, 0.05) is 0 Å². The van der Waals surface area contributed by atoms with Gasteiger partial charge in [0.2, 0.25) is 0 Å². The van der Waals surface area contributed by atoms with Crippen LogP contribution in [-0.2, 0) is 0 Å². The third-order valence-electron chi connectivity index (χ3n) is 0.389. The van der Waals surface area contributed by atoms with E-state index in [4.69, 9.17) is 5.70 Å². The monoisotopic (exact) mass is 1530 g/mol. The van der Waals surface area contributed by atoms with Crippen LogP contribution in [0.1, 0.15) is 0 Å². The summed E-state index contributed by atoms with van der Waals surface area (Å²) in [5.41, 5.74) is 5.94. The third kappa shape index (κ3) is 10.3. The SMILES string of the molecule is [B][I-]I(I)I(I)I(I)I(I)I(I)I. The molecule has 0 heterocycles. The van der Waals surface area contributed by atoms with Crippen molar-refractivity contribution in [2.24, 2.45) is 0 Å². The Morgan fingerprint density at radius 2 is 1.23 bits per heavy atom. The van der Waals surface area contributed by atoms with Crippen molar-refractivity contribution in [1.29, 1.82) is 0 Å². The van der Waals surface area contributed by atoms with Gasteiger partial charge in [0.25, 0.3) is 0 Å². The van der Waals surface area contributed by atoms with Crippen LogP contribution in [0.4, 0.5) is 0 Å². The maximum absolute atomic E-state index is 5.94. The van der Waals surface area contributed by atoms with Crippen LogP contribution in [0.25, 0.3) is 0 Å². The molecule has 0 N–H and O–H groups in total. The van der Waals surface area contributed by atoms with Crippen molar-refractivity contribution in [3.05, 3.63) is 0 Å². The van der Waals surface area contributed by atoms with Crippen LogP contribution in [0.3, 0.4) is 0 Å². The molecular weight excluding hydrogens is 1530 g/mol. The first-order valence-corrected chi connectivity index (χ1v) is 72.2. The minimum absolute atomic E-state index is 0.199. The summed E-state index contributed by atoms with van der Waals surface area (Å²) in [5.74, 6) is 0.